The predicted molar refractivity (Wildman–Crippen MR) is 86.2 cm³/mol. The molecule has 0 unspecified atom stereocenters. The molecule has 0 aromatic rings. The minimum atomic E-state index is 0. The van der Waals surface area contributed by atoms with E-state index < -0.39 is 0 Å². The molecule has 1 heterocycles. The number of nitrogens with one attached hydrogen (secondary N) is 1. The second-order valence-corrected chi connectivity index (χ2v) is 5.99. The first-order valence-corrected chi connectivity index (χ1v) is 6.40. The first kappa shape index (κ1) is 17.0. The van der Waals surface area contributed by atoms with Crippen molar-refractivity contribution < 1.29 is 0 Å². The number of likely N-dealkylation sites (tertiary alicyclic amines) is 1. The highest BCUT2D eigenvalue weighted by molar-refractivity contribution is 14.0. The van der Waals surface area contributed by atoms with Crippen LogP contribution in [0.25, 0.3) is 0 Å². The number of rotatable bonds is 3. The Hall–Kier alpha value is 0. The normalized spacial score (nSPS) is 19.4. The third kappa shape index (κ3) is 5.93. The molecule has 0 spiro atoms. The van der Waals surface area contributed by atoms with E-state index in [4.69, 9.17) is 0 Å². The zero-order valence-corrected chi connectivity index (χ0v) is 14.2. The molecule has 1 aliphatic heterocycles. The number of nitrogens with zero attached hydrogens (tertiary/aromatic N) is 2. The summed E-state index contributed by atoms with van der Waals surface area (Å²) in [4.78, 5) is 6.74. The molecule has 1 saturated heterocycles. The fourth-order valence-corrected chi connectivity index (χ4v) is 2.10. The van der Waals surface area contributed by atoms with E-state index in [0.29, 0.717) is 5.41 Å². The lowest BCUT2D eigenvalue weighted by Crippen LogP contribution is -2.41. The largest absolute Gasteiger partial charge is 0.356 e. The van der Waals surface area contributed by atoms with Crippen molar-refractivity contribution in [3.05, 3.63) is 0 Å². The second-order valence-electron chi connectivity index (χ2n) is 5.99. The van der Waals surface area contributed by atoms with Gasteiger partial charge in [0.25, 0.3) is 0 Å². The first-order chi connectivity index (χ1) is 7.44. The van der Waals surface area contributed by atoms with Crippen LogP contribution in [0.4, 0.5) is 0 Å². The average molecular weight is 353 g/mol. The summed E-state index contributed by atoms with van der Waals surface area (Å²) >= 11 is 0. The Morgan fingerprint density at radius 2 is 2.06 bits per heavy atom. The van der Waals surface area contributed by atoms with Crippen molar-refractivity contribution in [3.8, 4) is 0 Å². The molecule has 102 valence electrons. The molecule has 3 nitrogen and oxygen atoms in total. The SMILES string of the molecule is CN=C(NCCC(C)C)N1CCC(C)(C)C1.I. The van der Waals surface area contributed by atoms with E-state index in [-0.39, 0.29) is 24.0 Å². The molecule has 0 aliphatic carbocycles. The molecule has 4 heteroatoms. The topological polar surface area (TPSA) is 27.6 Å². The number of hydrogen-bond donors (Lipinski definition) is 1. The number of hydrogen-bond acceptors (Lipinski definition) is 1. The third-order valence-electron chi connectivity index (χ3n) is 3.19. The molecule has 0 aromatic heterocycles. The van der Waals surface area contributed by atoms with Crippen molar-refractivity contribution in [2.45, 2.75) is 40.5 Å². The molecule has 0 bridgehead atoms. The van der Waals surface area contributed by atoms with Gasteiger partial charge < -0.3 is 10.2 Å². The Bertz CT molecular complexity index is 249. The summed E-state index contributed by atoms with van der Waals surface area (Å²) in [6.07, 6.45) is 2.47. The third-order valence-corrected chi connectivity index (χ3v) is 3.19. The molecule has 1 aliphatic rings. The van der Waals surface area contributed by atoms with Crippen LogP contribution in [0.15, 0.2) is 4.99 Å². The number of guanidine groups is 1. The van der Waals surface area contributed by atoms with Crippen LogP contribution in [-0.2, 0) is 0 Å². The second kappa shape index (κ2) is 7.44. The van der Waals surface area contributed by atoms with E-state index in [0.717, 1.165) is 31.5 Å². The van der Waals surface area contributed by atoms with Gasteiger partial charge in [-0.05, 0) is 24.2 Å². The van der Waals surface area contributed by atoms with Crippen LogP contribution in [0.5, 0.6) is 0 Å². The Morgan fingerprint density at radius 3 is 2.47 bits per heavy atom. The van der Waals surface area contributed by atoms with Crippen LogP contribution in [0, 0.1) is 11.3 Å². The Labute approximate surface area is 123 Å². The van der Waals surface area contributed by atoms with Crippen LogP contribution in [0.3, 0.4) is 0 Å². The molecule has 0 amide bonds. The van der Waals surface area contributed by atoms with E-state index in [9.17, 15) is 0 Å². The van der Waals surface area contributed by atoms with Crippen molar-refractivity contribution in [2.24, 2.45) is 16.3 Å². The van der Waals surface area contributed by atoms with Gasteiger partial charge in [-0.25, -0.2) is 0 Å². The minimum absolute atomic E-state index is 0. The van der Waals surface area contributed by atoms with Gasteiger partial charge in [0.1, 0.15) is 0 Å². The smallest absolute Gasteiger partial charge is 0.193 e. The lowest BCUT2D eigenvalue weighted by atomic mass is 9.93. The Balaban J connectivity index is 0.00000256. The summed E-state index contributed by atoms with van der Waals surface area (Å²) in [5.74, 6) is 1.83. The van der Waals surface area contributed by atoms with Crippen molar-refractivity contribution in [1.82, 2.24) is 10.2 Å². The summed E-state index contributed by atoms with van der Waals surface area (Å²) < 4.78 is 0. The van der Waals surface area contributed by atoms with E-state index >= 15 is 0 Å². The fraction of sp³-hybridized carbons (Fsp3) is 0.923. The maximum absolute atomic E-state index is 4.36. The van der Waals surface area contributed by atoms with Crippen molar-refractivity contribution in [1.29, 1.82) is 0 Å². The highest BCUT2D eigenvalue weighted by atomic mass is 127. The Kier molecular flexibility index (Phi) is 7.44. The molecule has 1 fully saturated rings. The fourth-order valence-electron chi connectivity index (χ4n) is 2.10. The van der Waals surface area contributed by atoms with Crippen LogP contribution in [0.2, 0.25) is 0 Å². The maximum atomic E-state index is 4.36. The quantitative estimate of drug-likeness (QED) is 0.480. The summed E-state index contributed by atoms with van der Waals surface area (Å²) in [6.45, 7) is 12.4. The van der Waals surface area contributed by atoms with E-state index in [1.165, 1.54) is 12.8 Å². The van der Waals surface area contributed by atoms with Gasteiger partial charge in [-0.15, -0.1) is 24.0 Å². The number of aliphatic imine (C=N–C) groups is 1. The van der Waals surface area contributed by atoms with E-state index in [2.05, 4.69) is 42.9 Å². The highest BCUT2D eigenvalue weighted by Gasteiger charge is 2.30. The molecule has 0 radical (unpaired) electrons. The molecular weight excluding hydrogens is 325 g/mol. The summed E-state index contributed by atoms with van der Waals surface area (Å²) in [6, 6.07) is 0. The highest BCUT2D eigenvalue weighted by Crippen LogP contribution is 2.28. The molecule has 1 N–H and O–H groups in total. The zero-order valence-electron chi connectivity index (χ0n) is 11.9. The van der Waals surface area contributed by atoms with Crippen LogP contribution in [-0.4, -0.2) is 37.5 Å². The lowest BCUT2D eigenvalue weighted by molar-refractivity contribution is 0.369. The lowest BCUT2D eigenvalue weighted by Gasteiger charge is -2.23. The van der Waals surface area contributed by atoms with Gasteiger partial charge >= 0.3 is 0 Å². The van der Waals surface area contributed by atoms with Crippen LogP contribution in [0.1, 0.15) is 40.5 Å². The van der Waals surface area contributed by atoms with Gasteiger partial charge in [0, 0.05) is 26.7 Å². The van der Waals surface area contributed by atoms with Gasteiger partial charge in [-0.1, -0.05) is 27.7 Å². The molecule has 17 heavy (non-hydrogen) atoms. The van der Waals surface area contributed by atoms with Gasteiger partial charge in [-0.3, -0.25) is 4.99 Å². The molecule has 0 saturated carbocycles. The standard InChI is InChI=1S/C13H27N3.HI/c1-11(2)6-8-15-12(14-5)16-9-7-13(3,4)10-16;/h11H,6-10H2,1-5H3,(H,14,15);1H. The summed E-state index contributed by atoms with van der Waals surface area (Å²) in [7, 11) is 1.88. The van der Waals surface area contributed by atoms with Crippen LogP contribution < -0.4 is 5.32 Å². The van der Waals surface area contributed by atoms with Crippen molar-refractivity contribution >= 4 is 29.9 Å². The van der Waals surface area contributed by atoms with Gasteiger partial charge in [-0.2, -0.15) is 0 Å². The minimum Gasteiger partial charge on any atom is -0.356 e. The summed E-state index contributed by atoms with van der Waals surface area (Å²) in [5, 5.41) is 3.46. The molecule has 0 aromatic carbocycles. The van der Waals surface area contributed by atoms with Gasteiger partial charge in [0.05, 0.1) is 0 Å². The Morgan fingerprint density at radius 1 is 1.41 bits per heavy atom. The summed E-state index contributed by atoms with van der Waals surface area (Å²) in [5.41, 5.74) is 0.440. The van der Waals surface area contributed by atoms with E-state index in [1.807, 2.05) is 7.05 Å². The monoisotopic (exact) mass is 353 g/mol. The van der Waals surface area contributed by atoms with E-state index in [1.54, 1.807) is 0 Å². The van der Waals surface area contributed by atoms with Gasteiger partial charge in [0.2, 0.25) is 0 Å². The van der Waals surface area contributed by atoms with Gasteiger partial charge in [0.15, 0.2) is 5.96 Å². The van der Waals surface area contributed by atoms with Crippen LogP contribution >= 0.6 is 24.0 Å². The molecule has 1 rings (SSSR count). The molecular formula is C13H28IN3. The first-order valence-electron chi connectivity index (χ1n) is 6.40. The van der Waals surface area contributed by atoms with Crippen molar-refractivity contribution in [3.63, 3.8) is 0 Å². The predicted octanol–water partition coefficient (Wildman–Crippen LogP) is 2.96. The zero-order chi connectivity index (χ0) is 12.2. The average Bonchev–Trinajstić information content (AvgIpc) is 2.53. The number of halogens is 1. The van der Waals surface area contributed by atoms with Crippen molar-refractivity contribution in [2.75, 3.05) is 26.7 Å². The molecule has 0 atom stereocenters. The maximum Gasteiger partial charge on any atom is 0.193 e.